The molecule has 0 spiro atoms. The number of halogens is 1. The van der Waals surface area contributed by atoms with Crippen LogP contribution in [0.15, 0.2) is 47.0 Å². The average Bonchev–Trinajstić information content (AvgIpc) is 2.90. The number of nitrogen functional groups attached to an aromatic ring is 1. The van der Waals surface area contributed by atoms with Gasteiger partial charge in [0.15, 0.2) is 5.82 Å². The molecule has 3 rings (SSSR count). The molecule has 2 aromatic carbocycles. The summed E-state index contributed by atoms with van der Waals surface area (Å²) in [7, 11) is 0. The minimum absolute atomic E-state index is 0.471. The van der Waals surface area contributed by atoms with E-state index in [0.717, 1.165) is 16.7 Å². The molecule has 1 aromatic heterocycles. The van der Waals surface area contributed by atoms with Crippen LogP contribution in [0.2, 0.25) is 5.02 Å². The van der Waals surface area contributed by atoms with Crippen molar-refractivity contribution in [3.63, 3.8) is 0 Å². The van der Waals surface area contributed by atoms with Gasteiger partial charge < -0.3 is 10.3 Å². The van der Waals surface area contributed by atoms with Gasteiger partial charge >= 0.3 is 0 Å². The number of hydrogen-bond acceptors (Lipinski definition) is 4. The van der Waals surface area contributed by atoms with Gasteiger partial charge in [-0.15, -0.1) is 0 Å². The van der Waals surface area contributed by atoms with Crippen molar-refractivity contribution >= 4 is 17.3 Å². The fourth-order valence-electron chi connectivity index (χ4n) is 2.05. The fraction of sp³-hybridized carbons (Fsp3) is 0.125. The molecule has 0 unspecified atom stereocenters. The predicted octanol–water partition coefficient (Wildman–Crippen LogP) is 3.87. The highest BCUT2D eigenvalue weighted by molar-refractivity contribution is 6.30. The minimum Gasteiger partial charge on any atom is -0.398 e. The van der Waals surface area contributed by atoms with Crippen LogP contribution in [0, 0.1) is 6.92 Å². The van der Waals surface area contributed by atoms with Gasteiger partial charge in [0.2, 0.25) is 0 Å². The lowest BCUT2D eigenvalue weighted by atomic mass is 10.1. The van der Waals surface area contributed by atoms with Gasteiger partial charge in [0, 0.05) is 22.7 Å². The van der Waals surface area contributed by atoms with E-state index < -0.39 is 0 Å². The summed E-state index contributed by atoms with van der Waals surface area (Å²) < 4.78 is 5.30. The number of anilines is 1. The number of nitrogens with two attached hydrogens (primary N) is 1. The number of aryl methyl sites for hydroxylation is 1. The Balaban J connectivity index is 1.84. The standard InChI is InChI=1S/C16H14ClN3O/c1-10-5-6-12(9-14(10)18)16-19-15(20-21-16)8-11-3-2-4-13(17)7-11/h2-7,9H,8,18H2,1H3. The van der Waals surface area contributed by atoms with Crippen molar-refractivity contribution < 1.29 is 4.52 Å². The molecule has 4 nitrogen and oxygen atoms in total. The number of aromatic nitrogens is 2. The van der Waals surface area contributed by atoms with Crippen molar-refractivity contribution in [2.75, 3.05) is 5.73 Å². The van der Waals surface area contributed by atoms with E-state index in [-0.39, 0.29) is 0 Å². The van der Waals surface area contributed by atoms with Crippen LogP contribution < -0.4 is 5.73 Å². The second kappa shape index (κ2) is 5.58. The summed E-state index contributed by atoms with van der Waals surface area (Å²) in [5, 5.41) is 4.70. The van der Waals surface area contributed by atoms with Crippen LogP contribution in [-0.2, 0) is 6.42 Å². The highest BCUT2D eigenvalue weighted by Gasteiger charge is 2.10. The molecule has 21 heavy (non-hydrogen) atoms. The van der Waals surface area contributed by atoms with Crippen molar-refractivity contribution in [3.05, 3.63) is 64.4 Å². The topological polar surface area (TPSA) is 64.9 Å². The largest absolute Gasteiger partial charge is 0.398 e. The first-order chi connectivity index (χ1) is 10.1. The molecule has 106 valence electrons. The zero-order valence-corrected chi connectivity index (χ0v) is 12.3. The van der Waals surface area contributed by atoms with Crippen molar-refractivity contribution in [3.8, 4) is 11.5 Å². The lowest BCUT2D eigenvalue weighted by Crippen LogP contribution is -1.92. The Morgan fingerprint density at radius 2 is 2.05 bits per heavy atom. The summed E-state index contributed by atoms with van der Waals surface area (Å²) in [4.78, 5) is 4.40. The van der Waals surface area contributed by atoms with Crippen molar-refractivity contribution in [2.24, 2.45) is 0 Å². The van der Waals surface area contributed by atoms with Crippen molar-refractivity contribution in [1.82, 2.24) is 10.1 Å². The summed E-state index contributed by atoms with van der Waals surface area (Å²) in [6.45, 7) is 1.96. The van der Waals surface area contributed by atoms with E-state index in [9.17, 15) is 0 Å². The van der Waals surface area contributed by atoms with Gasteiger partial charge in [0.25, 0.3) is 5.89 Å². The number of rotatable bonds is 3. The van der Waals surface area contributed by atoms with Crippen molar-refractivity contribution in [1.29, 1.82) is 0 Å². The molecule has 0 atom stereocenters. The zero-order chi connectivity index (χ0) is 14.8. The van der Waals surface area contributed by atoms with Gasteiger partial charge in [-0.25, -0.2) is 0 Å². The predicted molar refractivity (Wildman–Crippen MR) is 83.1 cm³/mol. The van der Waals surface area contributed by atoms with Crippen LogP contribution in [-0.4, -0.2) is 10.1 Å². The van der Waals surface area contributed by atoms with E-state index in [4.69, 9.17) is 21.9 Å². The Kier molecular flexibility index (Phi) is 3.62. The number of nitrogens with zero attached hydrogens (tertiary/aromatic N) is 2. The Bertz CT molecular complexity index is 783. The monoisotopic (exact) mass is 299 g/mol. The maximum absolute atomic E-state index is 5.97. The third-order valence-corrected chi connectivity index (χ3v) is 3.48. The molecular weight excluding hydrogens is 286 g/mol. The number of benzene rings is 2. The summed E-state index contributed by atoms with van der Waals surface area (Å²) in [5.41, 5.74) is 9.50. The third-order valence-electron chi connectivity index (χ3n) is 3.25. The molecule has 0 aliphatic heterocycles. The normalized spacial score (nSPS) is 10.8. The Labute approximate surface area is 127 Å². The molecule has 0 fully saturated rings. The van der Waals surface area contributed by atoms with Gasteiger partial charge in [0.05, 0.1) is 0 Å². The molecule has 0 bridgehead atoms. The number of hydrogen-bond donors (Lipinski definition) is 1. The second-order valence-corrected chi connectivity index (χ2v) is 5.33. The quantitative estimate of drug-likeness (QED) is 0.746. The summed E-state index contributed by atoms with van der Waals surface area (Å²) >= 11 is 5.97. The molecule has 0 saturated heterocycles. The maximum atomic E-state index is 5.97. The highest BCUT2D eigenvalue weighted by Crippen LogP contribution is 2.23. The van der Waals surface area contributed by atoms with Crippen LogP contribution >= 0.6 is 11.6 Å². The molecule has 0 aliphatic carbocycles. The van der Waals surface area contributed by atoms with Gasteiger partial charge in [0.1, 0.15) is 0 Å². The van der Waals surface area contributed by atoms with Crippen LogP contribution in [0.3, 0.4) is 0 Å². The summed E-state index contributed by atoms with van der Waals surface area (Å²) in [5.74, 6) is 1.09. The van der Waals surface area contributed by atoms with E-state index >= 15 is 0 Å². The molecule has 5 heteroatoms. The second-order valence-electron chi connectivity index (χ2n) is 4.89. The van der Waals surface area contributed by atoms with Gasteiger partial charge in [-0.1, -0.05) is 35.0 Å². The van der Waals surface area contributed by atoms with Gasteiger partial charge in [-0.05, 0) is 42.3 Å². The molecule has 1 heterocycles. The zero-order valence-electron chi connectivity index (χ0n) is 11.5. The fourth-order valence-corrected chi connectivity index (χ4v) is 2.26. The first kappa shape index (κ1) is 13.6. The van der Waals surface area contributed by atoms with E-state index in [1.54, 1.807) is 0 Å². The van der Waals surface area contributed by atoms with E-state index in [1.165, 1.54) is 0 Å². The first-order valence-electron chi connectivity index (χ1n) is 6.55. The van der Waals surface area contributed by atoms with Gasteiger partial charge in [-0.3, -0.25) is 0 Å². The molecule has 0 amide bonds. The first-order valence-corrected chi connectivity index (χ1v) is 6.93. The minimum atomic E-state index is 0.471. The van der Waals surface area contributed by atoms with Crippen LogP contribution in [0.5, 0.6) is 0 Å². The molecule has 0 radical (unpaired) electrons. The Morgan fingerprint density at radius 3 is 2.81 bits per heavy atom. The third kappa shape index (κ3) is 3.06. The van der Waals surface area contributed by atoms with Crippen LogP contribution in [0.25, 0.3) is 11.5 Å². The SMILES string of the molecule is Cc1ccc(-c2nc(Cc3cccc(Cl)c3)no2)cc1N. The summed E-state index contributed by atoms with van der Waals surface area (Å²) in [6.07, 6.45) is 0.575. The Hall–Kier alpha value is -2.33. The van der Waals surface area contributed by atoms with Crippen LogP contribution in [0.4, 0.5) is 5.69 Å². The lowest BCUT2D eigenvalue weighted by Gasteiger charge is -2.00. The van der Waals surface area contributed by atoms with Gasteiger partial charge in [-0.2, -0.15) is 4.98 Å². The molecule has 3 aromatic rings. The van der Waals surface area contributed by atoms with Crippen molar-refractivity contribution in [2.45, 2.75) is 13.3 Å². The highest BCUT2D eigenvalue weighted by atomic mass is 35.5. The van der Waals surface area contributed by atoms with E-state index in [2.05, 4.69) is 10.1 Å². The molecule has 0 aliphatic rings. The molecular formula is C16H14ClN3O. The maximum Gasteiger partial charge on any atom is 0.258 e. The van der Waals surface area contributed by atoms with E-state index in [1.807, 2.05) is 49.4 Å². The van der Waals surface area contributed by atoms with Crippen LogP contribution in [0.1, 0.15) is 17.0 Å². The Morgan fingerprint density at radius 1 is 1.19 bits per heavy atom. The smallest absolute Gasteiger partial charge is 0.258 e. The lowest BCUT2D eigenvalue weighted by molar-refractivity contribution is 0.424. The molecule has 2 N–H and O–H groups in total. The van der Waals surface area contributed by atoms with E-state index in [0.29, 0.717) is 28.8 Å². The summed E-state index contributed by atoms with van der Waals surface area (Å²) in [6, 6.07) is 13.3. The average molecular weight is 300 g/mol. The molecule has 0 saturated carbocycles.